The Morgan fingerprint density at radius 3 is 2.50 bits per heavy atom. The van der Waals surface area contributed by atoms with Crippen LogP contribution in [0, 0.1) is 0 Å². The fraction of sp³-hybridized carbons (Fsp3) is 0.281. The van der Waals surface area contributed by atoms with Gasteiger partial charge in [0.25, 0.3) is 5.91 Å². The predicted octanol–water partition coefficient (Wildman–Crippen LogP) is 6.92. The zero-order chi connectivity index (χ0) is 28.6. The Balaban J connectivity index is 1.53. The third-order valence-corrected chi connectivity index (χ3v) is 8.69. The summed E-state index contributed by atoms with van der Waals surface area (Å²) in [6, 6.07) is 20.3. The van der Waals surface area contributed by atoms with E-state index in [1.165, 1.54) is 17.3 Å². The van der Waals surface area contributed by atoms with E-state index in [0.717, 1.165) is 28.9 Å². The number of carbonyl (C=O) groups excluding carboxylic acids is 1. The standard InChI is InChI=1S/C32H33N3O4S/c1-20-18-32(2,3)34(4)26-17-27(39-5)23(15-25(20)26)16-28-29(36)35(19-21-11-13-22(14-12-21)30(37)38)31(40-28)33-24-9-7-6-8-10-24/h6-17,20H,18-19H2,1-5H3,(H,37,38)/b28-16+,33-31?. The molecule has 1 amide bonds. The highest BCUT2D eigenvalue weighted by molar-refractivity contribution is 8.18. The number of anilines is 1. The Labute approximate surface area is 239 Å². The molecule has 3 aromatic rings. The van der Waals surface area contributed by atoms with Crippen molar-refractivity contribution in [1.29, 1.82) is 0 Å². The monoisotopic (exact) mass is 555 g/mol. The normalized spacial score (nSPS) is 20.2. The first-order valence-electron chi connectivity index (χ1n) is 13.2. The van der Waals surface area contributed by atoms with E-state index in [4.69, 9.17) is 9.73 Å². The van der Waals surface area contributed by atoms with Crippen LogP contribution in [0.5, 0.6) is 5.75 Å². The molecular formula is C32H33N3O4S. The van der Waals surface area contributed by atoms with Gasteiger partial charge in [-0.15, -0.1) is 0 Å². The summed E-state index contributed by atoms with van der Waals surface area (Å²) in [6.07, 6.45) is 2.92. The van der Waals surface area contributed by atoms with Gasteiger partial charge in [0.05, 0.1) is 29.8 Å². The van der Waals surface area contributed by atoms with Crippen molar-refractivity contribution in [3.05, 3.63) is 93.9 Å². The maximum Gasteiger partial charge on any atom is 0.335 e. The molecule has 1 N–H and O–H groups in total. The van der Waals surface area contributed by atoms with Crippen molar-refractivity contribution in [2.24, 2.45) is 4.99 Å². The maximum absolute atomic E-state index is 13.8. The molecule has 1 atom stereocenters. The Hall–Kier alpha value is -4.04. The highest BCUT2D eigenvalue weighted by Gasteiger charge is 2.36. The number of para-hydroxylation sites is 1. The fourth-order valence-corrected chi connectivity index (χ4v) is 6.31. The topological polar surface area (TPSA) is 82.4 Å². The van der Waals surface area contributed by atoms with Crippen LogP contribution in [0.4, 0.5) is 11.4 Å². The van der Waals surface area contributed by atoms with Gasteiger partial charge in [-0.25, -0.2) is 9.79 Å². The van der Waals surface area contributed by atoms with E-state index in [1.54, 1.807) is 36.3 Å². The molecule has 3 aromatic carbocycles. The molecule has 0 radical (unpaired) electrons. The van der Waals surface area contributed by atoms with Crippen LogP contribution in [0.25, 0.3) is 6.08 Å². The smallest absolute Gasteiger partial charge is 0.335 e. The first-order valence-corrected chi connectivity index (χ1v) is 14.0. The number of carboxylic acids is 1. The van der Waals surface area contributed by atoms with Crippen molar-refractivity contribution in [1.82, 2.24) is 4.90 Å². The highest BCUT2D eigenvalue weighted by Crippen LogP contribution is 2.46. The first kappa shape index (κ1) is 27.5. The zero-order valence-corrected chi connectivity index (χ0v) is 24.2. The van der Waals surface area contributed by atoms with Gasteiger partial charge in [0, 0.05) is 29.9 Å². The van der Waals surface area contributed by atoms with Crippen LogP contribution >= 0.6 is 11.8 Å². The molecule has 2 aliphatic rings. The molecule has 0 aliphatic carbocycles. The highest BCUT2D eigenvalue weighted by atomic mass is 32.2. The predicted molar refractivity (Wildman–Crippen MR) is 162 cm³/mol. The number of hydrogen-bond acceptors (Lipinski definition) is 6. The van der Waals surface area contributed by atoms with Crippen LogP contribution in [0.1, 0.15) is 60.2 Å². The molecule has 40 heavy (non-hydrogen) atoms. The van der Waals surface area contributed by atoms with Gasteiger partial charge in [-0.3, -0.25) is 9.69 Å². The Morgan fingerprint density at radius 2 is 1.85 bits per heavy atom. The molecule has 8 heteroatoms. The summed E-state index contributed by atoms with van der Waals surface area (Å²) in [4.78, 5) is 34.4. The van der Waals surface area contributed by atoms with Crippen molar-refractivity contribution >= 4 is 46.3 Å². The summed E-state index contributed by atoms with van der Waals surface area (Å²) in [5, 5.41) is 9.82. The van der Waals surface area contributed by atoms with Crippen LogP contribution in [0.3, 0.4) is 0 Å². The van der Waals surface area contributed by atoms with Gasteiger partial charge in [0.2, 0.25) is 0 Å². The Bertz CT molecular complexity index is 1510. The summed E-state index contributed by atoms with van der Waals surface area (Å²) >= 11 is 1.33. The van der Waals surface area contributed by atoms with Gasteiger partial charge >= 0.3 is 5.97 Å². The average molecular weight is 556 g/mol. The second-order valence-corrected chi connectivity index (χ2v) is 11.9. The second kappa shape index (κ2) is 10.8. The summed E-state index contributed by atoms with van der Waals surface area (Å²) in [5.74, 6) is -0.0793. The number of hydrogen-bond donors (Lipinski definition) is 1. The number of nitrogens with zero attached hydrogens (tertiary/aromatic N) is 3. The molecule has 206 valence electrons. The molecule has 0 bridgehead atoms. The molecule has 0 spiro atoms. The maximum atomic E-state index is 13.8. The molecular weight excluding hydrogens is 522 g/mol. The summed E-state index contributed by atoms with van der Waals surface area (Å²) < 4.78 is 5.80. The third-order valence-electron chi connectivity index (χ3n) is 7.68. The van der Waals surface area contributed by atoms with Crippen LogP contribution in [-0.2, 0) is 11.3 Å². The number of carbonyl (C=O) groups is 2. The van der Waals surface area contributed by atoms with E-state index < -0.39 is 5.97 Å². The van der Waals surface area contributed by atoms with Gasteiger partial charge in [0.1, 0.15) is 5.75 Å². The lowest BCUT2D eigenvalue weighted by molar-refractivity contribution is -0.122. The summed E-state index contributed by atoms with van der Waals surface area (Å²) in [7, 11) is 3.77. The number of amidine groups is 1. The van der Waals surface area contributed by atoms with Crippen molar-refractivity contribution in [2.75, 3.05) is 19.1 Å². The molecule has 1 unspecified atom stereocenters. The van der Waals surface area contributed by atoms with Gasteiger partial charge < -0.3 is 14.7 Å². The molecule has 7 nitrogen and oxygen atoms in total. The molecule has 1 saturated heterocycles. The quantitative estimate of drug-likeness (QED) is 0.333. The number of aliphatic imine (C=N–C) groups is 1. The molecule has 5 rings (SSSR count). The average Bonchev–Trinajstić information content (AvgIpc) is 3.21. The zero-order valence-electron chi connectivity index (χ0n) is 23.3. The molecule has 2 heterocycles. The largest absolute Gasteiger partial charge is 0.496 e. The Morgan fingerprint density at radius 1 is 1.15 bits per heavy atom. The summed E-state index contributed by atoms with van der Waals surface area (Å²) in [6.45, 7) is 7.02. The number of amides is 1. The minimum Gasteiger partial charge on any atom is -0.496 e. The summed E-state index contributed by atoms with van der Waals surface area (Å²) in [5.41, 5.74) is 5.02. The van der Waals surface area contributed by atoms with E-state index >= 15 is 0 Å². The number of fused-ring (bicyclic) bond motifs is 1. The molecule has 0 saturated carbocycles. The minimum absolute atomic E-state index is 0.0284. The van der Waals surface area contributed by atoms with E-state index in [-0.39, 0.29) is 23.6 Å². The number of thioether (sulfide) groups is 1. The second-order valence-electron chi connectivity index (χ2n) is 10.9. The lowest BCUT2D eigenvalue weighted by atomic mass is 9.80. The van der Waals surface area contributed by atoms with Crippen molar-refractivity contribution in [3.63, 3.8) is 0 Å². The van der Waals surface area contributed by atoms with Gasteiger partial charge in [-0.2, -0.15) is 0 Å². The van der Waals surface area contributed by atoms with E-state index in [0.29, 0.717) is 21.7 Å². The lowest BCUT2D eigenvalue weighted by Gasteiger charge is -2.45. The minimum atomic E-state index is -0.987. The van der Waals surface area contributed by atoms with Gasteiger partial charge in [0.15, 0.2) is 5.17 Å². The fourth-order valence-electron chi connectivity index (χ4n) is 5.32. The van der Waals surface area contributed by atoms with Crippen LogP contribution in [-0.4, -0.2) is 46.7 Å². The first-order chi connectivity index (χ1) is 19.1. The van der Waals surface area contributed by atoms with Crippen LogP contribution < -0.4 is 9.64 Å². The number of methoxy groups -OCH3 is 1. The van der Waals surface area contributed by atoms with Gasteiger partial charge in [-0.05, 0) is 85.5 Å². The van der Waals surface area contributed by atoms with E-state index in [9.17, 15) is 14.7 Å². The number of aromatic carboxylic acids is 1. The number of benzene rings is 3. The third kappa shape index (κ3) is 5.36. The van der Waals surface area contributed by atoms with Crippen molar-refractivity contribution in [2.45, 2.75) is 45.2 Å². The van der Waals surface area contributed by atoms with Crippen molar-refractivity contribution < 1.29 is 19.4 Å². The number of carboxylic acid groups (broad SMARTS) is 1. The van der Waals surface area contributed by atoms with Crippen molar-refractivity contribution in [3.8, 4) is 5.75 Å². The number of rotatable bonds is 6. The Kier molecular flexibility index (Phi) is 7.47. The lowest BCUT2D eigenvalue weighted by Crippen LogP contribution is -2.45. The molecule has 2 aliphatic heterocycles. The SMILES string of the molecule is COc1cc2c(cc1/C=C1/SC(=Nc3ccccc3)N(Cc3ccc(C(=O)O)cc3)C1=O)C(C)CC(C)(C)N2C. The number of ether oxygens (including phenoxy) is 1. The molecule has 0 aromatic heterocycles. The van der Waals surface area contributed by atoms with Crippen LogP contribution in [0.2, 0.25) is 0 Å². The van der Waals surface area contributed by atoms with Crippen LogP contribution in [0.15, 0.2) is 76.6 Å². The van der Waals surface area contributed by atoms with E-state index in [2.05, 4.69) is 44.9 Å². The molecule has 1 fully saturated rings. The van der Waals surface area contributed by atoms with Gasteiger partial charge in [-0.1, -0.05) is 37.3 Å². The van der Waals surface area contributed by atoms with E-state index in [1.807, 2.05) is 36.4 Å².